The van der Waals surface area contributed by atoms with E-state index in [1.54, 1.807) is 6.26 Å². The first-order valence-electron chi connectivity index (χ1n) is 7.30. The normalized spacial score (nSPS) is 14.2. The lowest BCUT2D eigenvalue weighted by atomic mass is 9.99. The molecule has 1 aliphatic rings. The minimum absolute atomic E-state index is 0.449. The lowest BCUT2D eigenvalue weighted by molar-refractivity contribution is 0.288. The van der Waals surface area contributed by atoms with E-state index in [-0.39, 0.29) is 0 Å². The molecule has 20 heavy (non-hydrogen) atoms. The number of furan rings is 1. The molecular formula is C17H21NO2. The summed E-state index contributed by atoms with van der Waals surface area (Å²) in [5.74, 6) is 2.03. The minimum atomic E-state index is 0.449. The summed E-state index contributed by atoms with van der Waals surface area (Å²) >= 11 is 0. The third-order valence-electron chi connectivity index (χ3n) is 3.64. The first kappa shape index (κ1) is 13.3. The molecule has 106 valence electrons. The molecule has 2 heterocycles. The number of hydrogen-bond acceptors (Lipinski definition) is 3. The van der Waals surface area contributed by atoms with Crippen LogP contribution in [-0.2, 0) is 13.0 Å². The lowest BCUT2D eigenvalue weighted by Crippen LogP contribution is -2.21. The van der Waals surface area contributed by atoms with Crippen LogP contribution in [0.5, 0.6) is 5.75 Å². The number of hydrogen-bond donors (Lipinski definition) is 1. The molecule has 0 spiro atoms. The lowest BCUT2D eigenvalue weighted by Gasteiger charge is -2.18. The maximum absolute atomic E-state index is 5.67. The van der Waals surface area contributed by atoms with Gasteiger partial charge in [0.25, 0.3) is 0 Å². The van der Waals surface area contributed by atoms with Crippen molar-refractivity contribution >= 4 is 0 Å². The highest BCUT2D eigenvalue weighted by Gasteiger charge is 2.14. The largest absolute Gasteiger partial charge is 0.493 e. The number of nitrogens with one attached hydrogen (secondary N) is 1. The van der Waals surface area contributed by atoms with Gasteiger partial charge in [0, 0.05) is 11.6 Å². The van der Waals surface area contributed by atoms with Crippen molar-refractivity contribution < 1.29 is 9.15 Å². The number of fused-ring (bicyclic) bond motifs is 1. The average Bonchev–Trinajstić information content (AvgIpc) is 2.93. The van der Waals surface area contributed by atoms with Crippen molar-refractivity contribution in [2.24, 2.45) is 0 Å². The molecule has 0 atom stereocenters. The van der Waals surface area contributed by atoms with Crippen molar-refractivity contribution in [1.82, 2.24) is 5.32 Å². The molecule has 3 heteroatoms. The second kappa shape index (κ2) is 5.71. The first-order valence-corrected chi connectivity index (χ1v) is 7.30. The fourth-order valence-electron chi connectivity index (χ4n) is 2.56. The Morgan fingerprint density at radius 2 is 2.15 bits per heavy atom. The van der Waals surface area contributed by atoms with Crippen molar-refractivity contribution in [2.75, 3.05) is 6.61 Å². The monoisotopic (exact) mass is 271 g/mol. The van der Waals surface area contributed by atoms with E-state index in [9.17, 15) is 0 Å². The van der Waals surface area contributed by atoms with Gasteiger partial charge in [-0.05, 0) is 42.2 Å². The predicted molar refractivity (Wildman–Crippen MR) is 79.9 cm³/mol. The summed E-state index contributed by atoms with van der Waals surface area (Å²) in [7, 11) is 0. The van der Waals surface area contributed by atoms with Crippen LogP contribution in [0.15, 0.2) is 34.9 Å². The van der Waals surface area contributed by atoms with E-state index in [0.29, 0.717) is 6.04 Å². The fourth-order valence-corrected chi connectivity index (χ4v) is 2.56. The van der Waals surface area contributed by atoms with Crippen LogP contribution in [0.4, 0.5) is 0 Å². The summed E-state index contributed by atoms with van der Waals surface area (Å²) in [6.45, 7) is 5.87. The zero-order valence-electron chi connectivity index (χ0n) is 12.1. The van der Waals surface area contributed by atoms with Gasteiger partial charge in [-0.25, -0.2) is 0 Å². The van der Waals surface area contributed by atoms with Crippen molar-refractivity contribution in [2.45, 2.75) is 39.3 Å². The van der Waals surface area contributed by atoms with Crippen LogP contribution in [0.1, 0.15) is 31.6 Å². The molecule has 0 unspecified atom stereocenters. The second-order valence-corrected chi connectivity index (χ2v) is 5.57. The van der Waals surface area contributed by atoms with Crippen molar-refractivity contribution in [3.63, 3.8) is 0 Å². The first-order chi connectivity index (χ1) is 9.74. The van der Waals surface area contributed by atoms with Crippen molar-refractivity contribution in [3.05, 3.63) is 41.9 Å². The molecule has 0 bridgehead atoms. The van der Waals surface area contributed by atoms with Gasteiger partial charge in [0.05, 0.1) is 19.4 Å². The van der Waals surface area contributed by atoms with E-state index < -0.39 is 0 Å². The van der Waals surface area contributed by atoms with Crippen LogP contribution in [0, 0.1) is 0 Å². The molecular weight excluding hydrogens is 250 g/mol. The molecule has 1 aliphatic heterocycles. The highest BCUT2D eigenvalue weighted by atomic mass is 16.5. The molecule has 3 nitrogen and oxygen atoms in total. The van der Waals surface area contributed by atoms with Crippen LogP contribution in [0.3, 0.4) is 0 Å². The van der Waals surface area contributed by atoms with Gasteiger partial charge in [0.1, 0.15) is 11.5 Å². The van der Waals surface area contributed by atoms with Crippen molar-refractivity contribution in [3.8, 4) is 16.9 Å². The zero-order chi connectivity index (χ0) is 13.9. The molecule has 0 fully saturated rings. The number of benzene rings is 1. The topological polar surface area (TPSA) is 34.4 Å². The van der Waals surface area contributed by atoms with Gasteiger partial charge >= 0.3 is 0 Å². The van der Waals surface area contributed by atoms with Crippen LogP contribution in [0.25, 0.3) is 11.1 Å². The second-order valence-electron chi connectivity index (χ2n) is 5.57. The summed E-state index contributed by atoms with van der Waals surface area (Å²) < 4.78 is 11.3. The van der Waals surface area contributed by atoms with Crippen LogP contribution in [0.2, 0.25) is 0 Å². The molecule has 3 rings (SSSR count). The van der Waals surface area contributed by atoms with Gasteiger partial charge in [-0.1, -0.05) is 19.9 Å². The van der Waals surface area contributed by atoms with E-state index in [0.717, 1.165) is 37.5 Å². The molecule has 0 saturated carbocycles. The van der Waals surface area contributed by atoms with Crippen molar-refractivity contribution in [1.29, 1.82) is 0 Å². The predicted octanol–water partition coefficient (Wildman–Crippen LogP) is 3.77. The summed E-state index contributed by atoms with van der Waals surface area (Å²) in [6, 6.07) is 8.93. The number of ether oxygens (including phenoxy) is 1. The number of rotatable bonds is 4. The van der Waals surface area contributed by atoms with E-state index in [1.165, 1.54) is 16.7 Å². The average molecular weight is 271 g/mol. The van der Waals surface area contributed by atoms with E-state index in [2.05, 4.69) is 37.4 Å². The Morgan fingerprint density at radius 1 is 1.25 bits per heavy atom. The minimum Gasteiger partial charge on any atom is -0.493 e. The van der Waals surface area contributed by atoms with Crippen LogP contribution < -0.4 is 10.1 Å². The molecule has 2 aromatic rings. The number of aryl methyl sites for hydroxylation is 1. The molecule has 1 aromatic heterocycles. The summed E-state index contributed by atoms with van der Waals surface area (Å²) in [5, 5.41) is 3.40. The maximum atomic E-state index is 5.67. The van der Waals surface area contributed by atoms with Gasteiger partial charge in [-0.2, -0.15) is 0 Å². The zero-order valence-corrected chi connectivity index (χ0v) is 12.1. The van der Waals surface area contributed by atoms with Gasteiger partial charge in [-0.3, -0.25) is 0 Å². The maximum Gasteiger partial charge on any atom is 0.125 e. The molecule has 0 saturated heterocycles. The van der Waals surface area contributed by atoms with Crippen LogP contribution in [-0.4, -0.2) is 12.6 Å². The summed E-state index contributed by atoms with van der Waals surface area (Å²) in [5.41, 5.74) is 3.69. The van der Waals surface area contributed by atoms with Gasteiger partial charge in [-0.15, -0.1) is 0 Å². The highest BCUT2D eigenvalue weighted by Crippen LogP contribution is 2.32. The SMILES string of the molecule is CC(C)NCc1occc1-c1ccc2c(c1)CCCO2. The summed E-state index contributed by atoms with van der Waals surface area (Å²) in [4.78, 5) is 0. The highest BCUT2D eigenvalue weighted by molar-refractivity contribution is 5.67. The van der Waals surface area contributed by atoms with Gasteiger partial charge in [0.15, 0.2) is 0 Å². The third-order valence-corrected chi connectivity index (χ3v) is 3.64. The smallest absolute Gasteiger partial charge is 0.125 e. The molecule has 1 aromatic carbocycles. The quantitative estimate of drug-likeness (QED) is 0.919. The fraction of sp³-hybridized carbons (Fsp3) is 0.412. The van der Waals surface area contributed by atoms with Gasteiger partial charge in [0.2, 0.25) is 0 Å². The Kier molecular flexibility index (Phi) is 3.79. The third kappa shape index (κ3) is 2.73. The Labute approximate surface area is 119 Å². The standard InChI is InChI=1S/C17H21NO2/c1-12(2)18-11-17-15(7-9-20-17)13-5-6-16-14(10-13)4-3-8-19-16/h5-7,9-10,12,18H,3-4,8,11H2,1-2H3. The van der Waals surface area contributed by atoms with E-state index in [4.69, 9.17) is 9.15 Å². The molecule has 0 radical (unpaired) electrons. The Morgan fingerprint density at radius 3 is 3.00 bits per heavy atom. The van der Waals surface area contributed by atoms with E-state index >= 15 is 0 Å². The molecule has 1 N–H and O–H groups in total. The van der Waals surface area contributed by atoms with E-state index in [1.807, 2.05) is 6.07 Å². The molecule has 0 aliphatic carbocycles. The molecule has 0 amide bonds. The Bertz CT molecular complexity index is 586. The summed E-state index contributed by atoms with van der Waals surface area (Å²) in [6.07, 6.45) is 3.97. The Balaban J connectivity index is 1.87. The Hall–Kier alpha value is -1.74. The van der Waals surface area contributed by atoms with Gasteiger partial charge < -0.3 is 14.5 Å². The van der Waals surface area contributed by atoms with Crippen LogP contribution >= 0.6 is 0 Å².